The second-order valence-corrected chi connectivity index (χ2v) is 9.93. The Bertz CT molecular complexity index is 1210. The van der Waals surface area contributed by atoms with E-state index in [1.807, 2.05) is 74.5 Å². The smallest absolute Gasteiger partial charge is 0.266 e. The molecule has 3 aromatic carbocycles. The van der Waals surface area contributed by atoms with Crippen molar-refractivity contribution in [3.63, 3.8) is 0 Å². The van der Waals surface area contributed by atoms with Gasteiger partial charge in [0.1, 0.15) is 24.0 Å². The standard InChI is InChI=1S/C25H19ClI2N2O2/c1-15-3-8-23(16(2)9-15)30-25(31)19(13-29)10-18-11-21(27)24(22(28)12-18)32-14-17-4-6-20(26)7-5-17/h3-12H,14H2,1-2H3,(H,30,31)/b19-10+. The van der Waals surface area contributed by atoms with Gasteiger partial charge in [0.05, 0.1) is 7.14 Å². The van der Waals surface area contributed by atoms with Gasteiger partial charge in [-0.25, -0.2) is 0 Å². The molecule has 0 saturated carbocycles. The van der Waals surface area contributed by atoms with E-state index in [9.17, 15) is 10.1 Å². The monoisotopic (exact) mass is 668 g/mol. The third-order valence-corrected chi connectivity index (χ3v) is 6.48. The lowest BCUT2D eigenvalue weighted by Gasteiger charge is -2.12. The average molecular weight is 669 g/mol. The highest BCUT2D eigenvalue weighted by Gasteiger charge is 2.13. The normalized spacial score (nSPS) is 11.1. The summed E-state index contributed by atoms with van der Waals surface area (Å²) in [6.45, 7) is 4.33. The van der Waals surface area contributed by atoms with E-state index in [0.717, 1.165) is 35.1 Å². The van der Waals surface area contributed by atoms with Crippen LogP contribution >= 0.6 is 56.8 Å². The molecule has 0 aromatic heterocycles. The molecule has 0 fully saturated rings. The van der Waals surface area contributed by atoms with Crippen molar-refractivity contribution in [1.29, 1.82) is 5.26 Å². The summed E-state index contributed by atoms with van der Waals surface area (Å²) in [7, 11) is 0. The van der Waals surface area contributed by atoms with Gasteiger partial charge in [-0.3, -0.25) is 4.79 Å². The zero-order chi connectivity index (χ0) is 23.3. The van der Waals surface area contributed by atoms with Crippen molar-refractivity contribution in [2.24, 2.45) is 0 Å². The second kappa shape index (κ2) is 11.2. The Balaban J connectivity index is 1.77. The number of ether oxygens (including phenoxy) is 1. The average Bonchev–Trinajstić information content (AvgIpc) is 2.74. The lowest BCUT2D eigenvalue weighted by atomic mass is 10.1. The number of rotatable bonds is 6. The summed E-state index contributed by atoms with van der Waals surface area (Å²) in [6.07, 6.45) is 1.59. The van der Waals surface area contributed by atoms with E-state index in [1.54, 1.807) is 6.08 Å². The fourth-order valence-electron chi connectivity index (χ4n) is 3.00. The first-order valence-corrected chi connectivity index (χ1v) is 12.2. The van der Waals surface area contributed by atoms with Crippen LogP contribution in [0.3, 0.4) is 0 Å². The molecule has 4 nitrogen and oxygen atoms in total. The maximum absolute atomic E-state index is 12.7. The fraction of sp³-hybridized carbons (Fsp3) is 0.120. The number of carbonyl (C=O) groups is 1. The molecule has 0 heterocycles. The Morgan fingerprint density at radius 2 is 1.75 bits per heavy atom. The molecule has 0 bridgehead atoms. The summed E-state index contributed by atoms with van der Waals surface area (Å²) < 4.78 is 7.79. The topological polar surface area (TPSA) is 62.1 Å². The van der Waals surface area contributed by atoms with Crippen LogP contribution in [-0.2, 0) is 11.4 Å². The van der Waals surface area contributed by atoms with Crippen LogP contribution in [0.5, 0.6) is 5.75 Å². The molecule has 162 valence electrons. The minimum absolute atomic E-state index is 0.0337. The van der Waals surface area contributed by atoms with E-state index in [1.165, 1.54) is 0 Å². The number of nitriles is 1. The molecule has 0 spiro atoms. The number of halogens is 3. The zero-order valence-corrected chi connectivity index (χ0v) is 22.4. The minimum Gasteiger partial charge on any atom is -0.487 e. The van der Waals surface area contributed by atoms with Gasteiger partial charge in [-0.05, 0) is 112 Å². The SMILES string of the molecule is Cc1ccc(NC(=O)/C(C#N)=C/c2cc(I)c(OCc3ccc(Cl)cc3)c(I)c2)c(C)c1. The number of benzene rings is 3. The van der Waals surface area contributed by atoms with Crippen LogP contribution in [0.1, 0.15) is 22.3 Å². The molecule has 0 saturated heterocycles. The second-order valence-electron chi connectivity index (χ2n) is 7.17. The molecule has 1 N–H and O–H groups in total. The summed E-state index contributed by atoms with van der Waals surface area (Å²) in [5, 5.41) is 13.1. The third kappa shape index (κ3) is 6.47. The molecule has 7 heteroatoms. The number of nitrogens with one attached hydrogen (secondary N) is 1. The first-order valence-electron chi connectivity index (χ1n) is 9.63. The maximum atomic E-state index is 12.7. The van der Waals surface area contributed by atoms with Gasteiger partial charge in [0.2, 0.25) is 0 Å². The predicted molar refractivity (Wildman–Crippen MR) is 146 cm³/mol. The van der Waals surface area contributed by atoms with Crippen molar-refractivity contribution < 1.29 is 9.53 Å². The van der Waals surface area contributed by atoms with Crippen LogP contribution < -0.4 is 10.1 Å². The van der Waals surface area contributed by atoms with Gasteiger partial charge in [-0.1, -0.05) is 41.4 Å². The lowest BCUT2D eigenvalue weighted by molar-refractivity contribution is -0.112. The fourth-order valence-corrected chi connectivity index (χ4v) is 5.25. The molecular weight excluding hydrogens is 650 g/mol. The Morgan fingerprint density at radius 3 is 2.34 bits per heavy atom. The largest absolute Gasteiger partial charge is 0.487 e. The van der Waals surface area contributed by atoms with E-state index < -0.39 is 5.91 Å². The van der Waals surface area contributed by atoms with E-state index in [-0.39, 0.29) is 5.57 Å². The Hall–Kier alpha value is -2.09. The minimum atomic E-state index is -0.437. The van der Waals surface area contributed by atoms with Crippen molar-refractivity contribution in [2.45, 2.75) is 20.5 Å². The van der Waals surface area contributed by atoms with Crippen LogP contribution in [0.4, 0.5) is 5.69 Å². The van der Waals surface area contributed by atoms with Crippen molar-refractivity contribution in [3.05, 3.63) is 94.6 Å². The zero-order valence-electron chi connectivity index (χ0n) is 17.4. The van der Waals surface area contributed by atoms with Gasteiger partial charge in [0.25, 0.3) is 5.91 Å². The van der Waals surface area contributed by atoms with Crippen LogP contribution in [0.25, 0.3) is 6.08 Å². The molecule has 3 rings (SSSR count). The van der Waals surface area contributed by atoms with Gasteiger partial charge in [-0.2, -0.15) is 5.26 Å². The quantitative estimate of drug-likeness (QED) is 0.171. The molecule has 32 heavy (non-hydrogen) atoms. The van der Waals surface area contributed by atoms with Crippen molar-refractivity contribution in [1.82, 2.24) is 0 Å². The number of hydrogen-bond donors (Lipinski definition) is 1. The summed E-state index contributed by atoms with van der Waals surface area (Å²) >= 11 is 10.3. The molecule has 0 radical (unpaired) electrons. The van der Waals surface area contributed by atoms with Gasteiger partial charge in [0.15, 0.2) is 0 Å². The number of nitrogens with zero attached hydrogens (tertiary/aromatic N) is 1. The van der Waals surface area contributed by atoms with Gasteiger partial charge < -0.3 is 10.1 Å². The van der Waals surface area contributed by atoms with Crippen molar-refractivity contribution in [3.8, 4) is 11.8 Å². The van der Waals surface area contributed by atoms with Crippen LogP contribution in [0.15, 0.2) is 60.2 Å². The molecule has 0 unspecified atom stereocenters. The van der Waals surface area contributed by atoms with Gasteiger partial charge in [-0.15, -0.1) is 0 Å². The molecule has 0 aliphatic heterocycles. The molecule has 3 aromatic rings. The summed E-state index contributed by atoms with van der Waals surface area (Å²) in [4.78, 5) is 12.7. The molecule has 0 aliphatic rings. The van der Waals surface area contributed by atoms with Crippen LogP contribution in [-0.4, -0.2) is 5.91 Å². The number of anilines is 1. The first kappa shape index (κ1) is 24.6. The van der Waals surface area contributed by atoms with E-state index in [4.69, 9.17) is 16.3 Å². The highest BCUT2D eigenvalue weighted by atomic mass is 127. The molecular formula is C25H19ClI2N2O2. The van der Waals surface area contributed by atoms with E-state index in [0.29, 0.717) is 17.3 Å². The van der Waals surface area contributed by atoms with Gasteiger partial charge in [0, 0.05) is 10.7 Å². The molecule has 0 atom stereocenters. The van der Waals surface area contributed by atoms with Crippen LogP contribution in [0, 0.1) is 32.3 Å². The predicted octanol–water partition coefficient (Wildman–Crippen LogP) is 7.29. The van der Waals surface area contributed by atoms with Crippen LogP contribution in [0.2, 0.25) is 5.02 Å². The third-order valence-electron chi connectivity index (χ3n) is 4.62. The molecule has 0 aliphatic carbocycles. The maximum Gasteiger partial charge on any atom is 0.266 e. The highest BCUT2D eigenvalue weighted by Crippen LogP contribution is 2.31. The summed E-state index contributed by atoms with van der Waals surface area (Å²) in [6, 6.07) is 19.0. The van der Waals surface area contributed by atoms with E-state index in [2.05, 4.69) is 50.5 Å². The lowest BCUT2D eigenvalue weighted by Crippen LogP contribution is -2.14. The number of amides is 1. The number of hydrogen-bond acceptors (Lipinski definition) is 3. The highest BCUT2D eigenvalue weighted by molar-refractivity contribution is 14.1. The Morgan fingerprint density at radius 1 is 1.09 bits per heavy atom. The molecule has 1 amide bonds. The number of carbonyl (C=O) groups excluding carboxylic acids is 1. The Labute approximate surface area is 219 Å². The first-order chi connectivity index (χ1) is 15.3. The summed E-state index contributed by atoms with van der Waals surface area (Å²) in [5.41, 5.74) is 4.55. The van der Waals surface area contributed by atoms with Crippen molar-refractivity contribution in [2.75, 3.05) is 5.32 Å². The van der Waals surface area contributed by atoms with Gasteiger partial charge >= 0.3 is 0 Å². The Kier molecular flexibility index (Phi) is 8.57. The number of aryl methyl sites for hydroxylation is 2. The van der Waals surface area contributed by atoms with E-state index >= 15 is 0 Å². The van der Waals surface area contributed by atoms with Crippen molar-refractivity contribution >= 4 is 74.5 Å². The summed E-state index contributed by atoms with van der Waals surface area (Å²) in [5.74, 6) is 0.323.